The quantitative estimate of drug-likeness (QED) is 0.298. The predicted octanol–water partition coefficient (Wildman–Crippen LogP) is 6.21. The molecule has 0 bridgehead atoms. The van der Waals surface area contributed by atoms with Gasteiger partial charge in [-0.25, -0.2) is 0 Å². The fraction of sp³-hybridized carbons (Fsp3) is 0.310. The number of halogens is 2. The van der Waals surface area contributed by atoms with Crippen LogP contribution in [0.15, 0.2) is 77.3 Å². The summed E-state index contributed by atoms with van der Waals surface area (Å²) in [4.78, 5) is 28.6. The maximum Gasteiger partial charge on any atom is 0.261 e. The summed E-state index contributed by atoms with van der Waals surface area (Å²) in [7, 11) is 0. The lowest BCUT2D eigenvalue weighted by molar-refractivity contribution is -0.143. The summed E-state index contributed by atoms with van der Waals surface area (Å²) in [5.41, 5.74) is 2.96. The summed E-state index contributed by atoms with van der Waals surface area (Å²) >= 11 is 9.75. The van der Waals surface area contributed by atoms with Crippen molar-refractivity contribution < 1.29 is 14.3 Å². The molecule has 1 N–H and O–H groups in total. The van der Waals surface area contributed by atoms with E-state index in [-0.39, 0.29) is 31.0 Å². The number of benzene rings is 3. The highest BCUT2D eigenvalue weighted by atomic mass is 79.9. The van der Waals surface area contributed by atoms with Crippen LogP contribution in [0, 0.1) is 0 Å². The molecule has 0 aliphatic carbocycles. The number of rotatable bonds is 11. The van der Waals surface area contributed by atoms with Crippen LogP contribution in [0.4, 0.5) is 0 Å². The van der Waals surface area contributed by atoms with Crippen molar-refractivity contribution >= 4 is 39.3 Å². The second-order valence-electron chi connectivity index (χ2n) is 8.93. The molecule has 7 heteroatoms. The first kappa shape index (κ1) is 27.8. The SMILES string of the molecule is CCc1ccc(OCC(=O)N(Cc2cccc(Cl)c2)C(Cc2ccccc2)C(=O)NC(C)C)c(Br)c1. The van der Waals surface area contributed by atoms with Crippen LogP contribution < -0.4 is 10.1 Å². The van der Waals surface area contributed by atoms with Crippen LogP contribution in [0.1, 0.15) is 37.5 Å². The molecule has 0 aromatic heterocycles. The van der Waals surface area contributed by atoms with Crippen molar-refractivity contribution in [2.75, 3.05) is 6.61 Å². The Morgan fingerprint density at radius 2 is 1.69 bits per heavy atom. The highest BCUT2D eigenvalue weighted by Crippen LogP contribution is 2.26. The highest BCUT2D eigenvalue weighted by Gasteiger charge is 2.31. The van der Waals surface area contributed by atoms with E-state index in [9.17, 15) is 9.59 Å². The van der Waals surface area contributed by atoms with Gasteiger partial charge in [0.15, 0.2) is 6.61 Å². The molecule has 1 atom stereocenters. The van der Waals surface area contributed by atoms with Crippen molar-refractivity contribution in [3.8, 4) is 5.75 Å². The van der Waals surface area contributed by atoms with Crippen LogP contribution in [0.25, 0.3) is 0 Å². The third kappa shape index (κ3) is 8.10. The first-order valence-electron chi connectivity index (χ1n) is 12.1. The average Bonchev–Trinajstić information content (AvgIpc) is 2.85. The van der Waals surface area contributed by atoms with E-state index >= 15 is 0 Å². The normalized spacial score (nSPS) is 11.7. The molecule has 0 saturated carbocycles. The fourth-order valence-corrected chi connectivity index (χ4v) is 4.62. The molecule has 5 nitrogen and oxygen atoms in total. The van der Waals surface area contributed by atoms with E-state index in [4.69, 9.17) is 16.3 Å². The van der Waals surface area contributed by atoms with Gasteiger partial charge in [-0.1, -0.05) is 67.1 Å². The average molecular weight is 572 g/mol. The van der Waals surface area contributed by atoms with Crippen LogP contribution >= 0.6 is 27.5 Å². The molecule has 2 amide bonds. The smallest absolute Gasteiger partial charge is 0.261 e. The molecule has 0 heterocycles. The molecule has 0 saturated heterocycles. The molecular formula is C29H32BrClN2O3. The van der Waals surface area contributed by atoms with Gasteiger partial charge in [0, 0.05) is 24.0 Å². The maximum atomic E-state index is 13.6. The number of aryl methyl sites for hydroxylation is 1. The van der Waals surface area contributed by atoms with E-state index in [1.807, 2.05) is 80.6 Å². The molecule has 0 spiro atoms. The van der Waals surface area contributed by atoms with Crippen molar-refractivity contribution in [3.63, 3.8) is 0 Å². The largest absolute Gasteiger partial charge is 0.483 e. The van der Waals surface area contributed by atoms with Gasteiger partial charge in [0.05, 0.1) is 4.47 Å². The van der Waals surface area contributed by atoms with Gasteiger partial charge in [0.25, 0.3) is 5.91 Å². The van der Waals surface area contributed by atoms with E-state index in [2.05, 4.69) is 28.2 Å². The Hall–Kier alpha value is -2.83. The van der Waals surface area contributed by atoms with Crippen LogP contribution in [0.5, 0.6) is 5.75 Å². The molecule has 3 aromatic rings. The highest BCUT2D eigenvalue weighted by molar-refractivity contribution is 9.10. The van der Waals surface area contributed by atoms with Gasteiger partial charge in [0.1, 0.15) is 11.8 Å². The molecule has 0 fully saturated rings. The Bertz CT molecular complexity index is 1170. The summed E-state index contributed by atoms with van der Waals surface area (Å²) in [5, 5.41) is 3.56. The predicted molar refractivity (Wildman–Crippen MR) is 148 cm³/mol. The van der Waals surface area contributed by atoms with Gasteiger partial charge in [-0.3, -0.25) is 9.59 Å². The van der Waals surface area contributed by atoms with Crippen molar-refractivity contribution in [2.45, 2.75) is 52.2 Å². The minimum absolute atomic E-state index is 0.0665. The molecule has 0 radical (unpaired) electrons. The maximum absolute atomic E-state index is 13.6. The van der Waals surface area contributed by atoms with Crippen LogP contribution in [-0.4, -0.2) is 35.4 Å². The molecule has 3 rings (SSSR count). The standard InChI is InChI=1S/C29H32BrClN2O3/c1-4-21-13-14-27(25(30)16-21)36-19-28(34)33(18-23-11-8-12-24(31)15-23)26(29(35)32-20(2)3)17-22-9-6-5-7-10-22/h5-16,20,26H,4,17-19H2,1-3H3,(H,32,35). The minimum Gasteiger partial charge on any atom is -0.483 e. The first-order valence-corrected chi connectivity index (χ1v) is 13.2. The van der Waals surface area contributed by atoms with Gasteiger partial charge in [-0.05, 0) is 77.2 Å². The number of carbonyl (C=O) groups is 2. The third-order valence-corrected chi connectivity index (χ3v) is 6.55. The molecular weight excluding hydrogens is 540 g/mol. The summed E-state index contributed by atoms with van der Waals surface area (Å²) in [6.07, 6.45) is 1.28. The molecule has 36 heavy (non-hydrogen) atoms. The Labute approximate surface area is 226 Å². The zero-order chi connectivity index (χ0) is 26.1. The first-order chi connectivity index (χ1) is 17.3. The van der Waals surface area contributed by atoms with Gasteiger partial charge in [-0.15, -0.1) is 0 Å². The fourth-order valence-electron chi connectivity index (χ4n) is 3.87. The van der Waals surface area contributed by atoms with Crippen LogP contribution in [0.3, 0.4) is 0 Å². The van der Waals surface area contributed by atoms with Crippen molar-refractivity contribution in [1.82, 2.24) is 10.2 Å². The molecule has 0 aliphatic heterocycles. The zero-order valence-electron chi connectivity index (χ0n) is 20.8. The van der Waals surface area contributed by atoms with Crippen molar-refractivity contribution in [3.05, 3.63) is 99.0 Å². The van der Waals surface area contributed by atoms with Crippen molar-refractivity contribution in [1.29, 1.82) is 0 Å². The lowest BCUT2D eigenvalue weighted by atomic mass is 10.0. The number of nitrogens with one attached hydrogen (secondary N) is 1. The zero-order valence-corrected chi connectivity index (χ0v) is 23.2. The summed E-state index contributed by atoms with van der Waals surface area (Å²) < 4.78 is 6.69. The van der Waals surface area contributed by atoms with Crippen LogP contribution in [-0.2, 0) is 29.0 Å². The van der Waals surface area contributed by atoms with Crippen molar-refractivity contribution in [2.24, 2.45) is 0 Å². The Kier molecular flexibility index (Phi) is 10.4. The van der Waals surface area contributed by atoms with Gasteiger partial charge in [0.2, 0.25) is 5.91 Å². The number of amides is 2. The number of ether oxygens (including phenoxy) is 1. The van der Waals surface area contributed by atoms with Gasteiger partial charge < -0.3 is 15.0 Å². The number of carbonyl (C=O) groups excluding carboxylic acids is 2. The third-order valence-electron chi connectivity index (χ3n) is 5.70. The molecule has 1 unspecified atom stereocenters. The van der Waals surface area contributed by atoms with Gasteiger partial charge in [-0.2, -0.15) is 0 Å². The number of hydrogen-bond donors (Lipinski definition) is 1. The Morgan fingerprint density at radius 3 is 2.33 bits per heavy atom. The second-order valence-corrected chi connectivity index (χ2v) is 10.2. The van der Waals surface area contributed by atoms with E-state index in [1.165, 1.54) is 0 Å². The number of hydrogen-bond acceptors (Lipinski definition) is 3. The minimum atomic E-state index is -0.726. The topological polar surface area (TPSA) is 58.6 Å². The Morgan fingerprint density at radius 1 is 0.972 bits per heavy atom. The molecule has 190 valence electrons. The van der Waals surface area contributed by atoms with E-state index in [0.717, 1.165) is 27.6 Å². The summed E-state index contributed by atoms with van der Waals surface area (Å²) in [6.45, 7) is 5.91. The lowest BCUT2D eigenvalue weighted by Crippen LogP contribution is -2.52. The van der Waals surface area contributed by atoms with E-state index < -0.39 is 6.04 Å². The Balaban J connectivity index is 1.91. The van der Waals surface area contributed by atoms with Crippen LogP contribution in [0.2, 0.25) is 5.02 Å². The van der Waals surface area contributed by atoms with E-state index in [1.54, 1.807) is 11.0 Å². The lowest BCUT2D eigenvalue weighted by Gasteiger charge is -2.32. The molecule has 3 aromatic carbocycles. The monoisotopic (exact) mass is 570 g/mol. The number of nitrogens with zero attached hydrogens (tertiary/aromatic N) is 1. The molecule has 0 aliphatic rings. The summed E-state index contributed by atoms with van der Waals surface area (Å²) in [6, 6.07) is 22.0. The van der Waals surface area contributed by atoms with Gasteiger partial charge >= 0.3 is 0 Å². The van der Waals surface area contributed by atoms with E-state index in [0.29, 0.717) is 17.2 Å². The second kappa shape index (κ2) is 13.5. The summed E-state index contributed by atoms with van der Waals surface area (Å²) in [5.74, 6) is 0.0773.